The third-order valence-corrected chi connectivity index (χ3v) is 10.7. The van der Waals surface area contributed by atoms with E-state index in [1.165, 1.54) is 5.39 Å². The Hall–Kier alpha value is -6.63. The second kappa shape index (κ2) is 10.9. The quantitative estimate of drug-likeness (QED) is 0.186. The summed E-state index contributed by atoms with van der Waals surface area (Å²) in [5.74, 6) is 0.686. The van der Waals surface area contributed by atoms with Crippen LogP contribution in [0.5, 0.6) is 0 Å². The van der Waals surface area contributed by atoms with E-state index in [2.05, 4.69) is 76.3 Å². The van der Waals surface area contributed by atoms with Crippen LogP contribution in [-0.2, 0) is 0 Å². The predicted molar refractivity (Wildman–Crippen MR) is 211 cm³/mol. The van der Waals surface area contributed by atoms with Crippen molar-refractivity contribution in [2.45, 2.75) is 0 Å². The van der Waals surface area contributed by atoms with Gasteiger partial charge in [-0.25, -0.2) is 15.0 Å². The molecule has 0 saturated carbocycles. The number of aromatic nitrogens is 4. The third kappa shape index (κ3) is 4.43. The Morgan fingerprint density at radius 2 is 1.22 bits per heavy atom. The molecule has 4 aromatic heterocycles. The Bertz CT molecular complexity index is 3420. The van der Waals surface area contributed by atoms with Gasteiger partial charge in [0.05, 0.1) is 17.9 Å². The third-order valence-electron chi connectivity index (χ3n) is 9.53. The minimum atomic E-state index is -0.471. The second-order valence-electron chi connectivity index (χ2n) is 12.5. The first-order valence-corrected chi connectivity index (χ1v) is 17.3. The molecule has 0 N–H and O–H groups in total. The number of thiophene rings is 1. The highest BCUT2D eigenvalue weighted by molar-refractivity contribution is 7.25. The van der Waals surface area contributed by atoms with E-state index in [1.807, 2.05) is 60.7 Å². The van der Waals surface area contributed by atoms with Crippen LogP contribution in [0, 0.1) is 0 Å². The molecule has 238 valence electrons. The molecule has 6 heteroatoms. The largest absolute Gasteiger partial charge is 0.456 e. The van der Waals surface area contributed by atoms with Crippen LogP contribution in [0.2, 0.25) is 0 Å². The van der Waals surface area contributed by atoms with Crippen molar-refractivity contribution >= 4 is 75.3 Å². The maximum atomic E-state index is 8.63. The van der Waals surface area contributed by atoms with E-state index in [9.17, 15) is 0 Å². The molecule has 0 radical (unpaired) electrons. The van der Waals surface area contributed by atoms with Crippen molar-refractivity contribution in [2.75, 3.05) is 0 Å². The lowest BCUT2D eigenvalue weighted by atomic mass is 10.1. The summed E-state index contributed by atoms with van der Waals surface area (Å²) < 4.78 is 52.7. The zero-order valence-corrected chi connectivity index (χ0v) is 27.5. The van der Waals surface area contributed by atoms with Gasteiger partial charge in [-0.15, -0.1) is 11.3 Å². The number of hydrogen-bond acceptors (Lipinski definition) is 5. The highest BCUT2D eigenvalue weighted by Gasteiger charge is 2.18. The first kappa shape index (κ1) is 23.7. The number of para-hydroxylation sites is 2. The summed E-state index contributed by atoms with van der Waals surface area (Å²) in [5.41, 5.74) is 6.30. The van der Waals surface area contributed by atoms with Crippen LogP contribution in [0.15, 0.2) is 162 Å². The van der Waals surface area contributed by atoms with Gasteiger partial charge in [-0.2, -0.15) is 0 Å². The summed E-state index contributed by atoms with van der Waals surface area (Å²) in [4.78, 5) is 14.2. The zero-order chi connectivity index (χ0) is 37.8. The predicted octanol–water partition coefficient (Wildman–Crippen LogP) is 12.2. The van der Waals surface area contributed by atoms with Crippen LogP contribution < -0.4 is 0 Å². The highest BCUT2D eigenvalue weighted by Crippen LogP contribution is 2.41. The molecular weight excluding hydrogens is 645 g/mol. The van der Waals surface area contributed by atoms with Gasteiger partial charge in [0, 0.05) is 70.2 Å². The minimum Gasteiger partial charge on any atom is -0.456 e. The molecule has 0 bridgehead atoms. The molecule has 0 aliphatic heterocycles. The molecular formula is C45H26N4OS. The molecule has 4 heterocycles. The molecule has 5 nitrogen and oxygen atoms in total. The summed E-state index contributed by atoms with van der Waals surface area (Å²) >= 11 is 1.67. The van der Waals surface area contributed by atoms with Gasteiger partial charge in [-0.1, -0.05) is 109 Å². The van der Waals surface area contributed by atoms with E-state index >= 15 is 0 Å². The van der Waals surface area contributed by atoms with E-state index in [4.69, 9.17) is 21.2 Å². The van der Waals surface area contributed by atoms with Gasteiger partial charge < -0.3 is 8.98 Å². The Morgan fingerprint density at radius 3 is 2.08 bits per heavy atom. The Kier molecular flexibility index (Phi) is 5.08. The first-order chi connectivity index (χ1) is 27.3. The maximum Gasteiger partial charge on any atom is 0.164 e. The second-order valence-corrected chi connectivity index (χ2v) is 13.6. The first-order valence-electron chi connectivity index (χ1n) is 19.0. The smallest absolute Gasteiger partial charge is 0.164 e. The molecule has 0 atom stereocenters. The van der Waals surface area contributed by atoms with Crippen molar-refractivity contribution in [3.05, 3.63) is 158 Å². The van der Waals surface area contributed by atoms with Gasteiger partial charge in [-0.05, 0) is 42.5 Å². The van der Waals surface area contributed by atoms with Crippen LogP contribution in [0.1, 0.15) is 6.85 Å². The van der Waals surface area contributed by atoms with Crippen molar-refractivity contribution in [1.82, 2.24) is 19.5 Å². The molecule has 0 amide bonds. The molecule has 0 unspecified atom stereocenters. The molecule has 51 heavy (non-hydrogen) atoms. The molecule has 11 rings (SSSR count). The van der Waals surface area contributed by atoms with Gasteiger partial charge in [0.1, 0.15) is 11.2 Å². The van der Waals surface area contributed by atoms with Crippen LogP contribution in [-0.4, -0.2) is 19.5 Å². The van der Waals surface area contributed by atoms with Gasteiger partial charge in [0.2, 0.25) is 0 Å². The fraction of sp³-hybridized carbons (Fsp3) is 0. The zero-order valence-electron chi connectivity index (χ0n) is 31.7. The molecule has 0 aliphatic rings. The number of hydrogen-bond donors (Lipinski definition) is 0. The summed E-state index contributed by atoms with van der Waals surface area (Å²) in [7, 11) is 0. The van der Waals surface area contributed by atoms with E-state index in [0.717, 1.165) is 69.8 Å². The van der Waals surface area contributed by atoms with Crippen molar-refractivity contribution in [1.29, 1.82) is 0 Å². The Labute approximate surface area is 302 Å². The fourth-order valence-electron chi connectivity index (χ4n) is 7.20. The maximum absolute atomic E-state index is 8.63. The normalized spacial score (nSPS) is 13.3. The van der Waals surface area contributed by atoms with Gasteiger partial charge >= 0.3 is 0 Å². The minimum absolute atomic E-state index is 0.0121. The van der Waals surface area contributed by atoms with Gasteiger partial charge in [-0.3, -0.25) is 0 Å². The fourth-order valence-corrected chi connectivity index (χ4v) is 8.33. The Balaban J connectivity index is 1.08. The van der Waals surface area contributed by atoms with Crippen molar-refractivity contribution in [2.24, 2.45) is 0 Å². The average molecular weight is 676 g/mol. The summed E-state index contributed by atoms with van der Waals surface area (Å²) in [6.45, 7) is 0. The van der Waals surface area contributed by atoms with Gasteiger partial charge in [0.15, 0.2) is 17.5 Å². The van der Waals surface area contributed by atoms with Crippen LogP contribution in [0.3, 0.4) is 0 Å². The lowest BCUT2D eigenvalue weighted by molar-refractivity contribution is 0.669. The van der Waals surface area contributed by atoms with Crippen molar-refractivity contribution in [3.8, 4) is 39.9 Å². The van der Waals surface area contributed by atoms with E-state index in [1.54, 1.807) is 11.3 Å². The number of nitrogens with zero attached hydrogens (tertiary/aromatic N) is 4. The van der Waals surface area contributed by atoms with Crippen molar-refractivity contribution < 1.29 is 11.3 Å². The van der Waals surface area contributed by atoms with E-state index in [-0.39, 0.29) is 23.5 Å². The lowest BCUT2D eigenvalue weighted by Crippen LogP contribution is -1.99. The summed E-state index contributed by atoms with van der Waals surface area (Å²) in [6, 6.07) is 41.0. The molecule has 0 saturated heterocycles. The number of fused-ring (bicyclic) bond motifs is 9. The highest BCUT2D eigenvalue weighted by atomic mass is 32.1. The Morgan fingerprint density at radius 1 is 0.471 bits per heavy atom. The molecule has 11 aromatic rings. The van der Waals surface area contributed by atoms with Crippen LogP contribution >= 0.6 is 11.3 Å². The lowest BCUT2D eigenvalue weighted by Gasteiger charge is -2.09. The standard InChI is InChI=1S/C45H26N4OS/c1-3-11-27(12-4-1)43-46-44(28-13-5-2-6-14-28)48-45(47-43)29-19-21-33-36-24-30(20-22-41(36)51-42(33)23-29)49-37-17-9-7-15-31(37)34-25-35-32-16-8-10-18-39(32)50-40(35)26-38(34)49/h1-26H/i1D,3D,4D,11D,12D. The molecule has 0 fully saturated rings. The molecule has 7 aromatic carbocycles. The summed E-state index contributed by atoms with van der Waals surface area (Å²) in [5, 5.41) is 6.73. The molecule has 0 spiro atoms. The number of rotatable bonds is 4. The van der Waals surface area contributed by atoms with E-state index in [0.29, 0.717) is 17.2 Å². The SMILES string of the molecule is [2H]c1c([2H])c([2H])c(-c2nc(-c3ccccc3)nc(-c3ccc4c(c3)sc3ccc(-n5c6ccccc6c6cc7c(cc65)oc5ccccc57)cc34)n2)c([2H])c1[2H]. The average Bonchev–Trinajstić information content (AvgIpc) is 3.90. The number of furan rings is 1. The summed E-state index contributed by atoms with van der Waals surface area (Å²) in [6.07, 6.45) is 0. The monoisotopic (exact) mass is 675 g/mol. The van der Waals surface area contributed by atoms with E-state index < -0.39 is 18.1 Å². The number of benzene rings is 7. The molecule has 0 aliphatic carbocycles. The van der Waals surface area contributed by atoms with Gasteiger partial charge in [0.25, 0.3) is 0 Å². The van der Waals surface area contributed by atoms with Crippen molar-refractivity contribution in [3.63, 3.8) is 0 Å². The van der Waals surface area contributed by atoms with Crippen LogP contribution in [0.4, 0.5) is 0 Å². The topological polar surface area (TPSA) is 56.7 Å². The van der Waals surface area contributed by atoms with Crippen LogP contribution in [0.25, 0.3) is 104 Å².